The molecule has 4 nitrogen and oxygen atoms in total. The minimum Gasteiger partial charge on any atom is -0.375 e. The number of carbonyl (C=O) groups is 1. The Kier molecular flexibility index (Phi) is 3.03. The average molecular weight is 198 g/mol. The Bertz CT molecular complexity index is 208. The predicted octanol–water partition coefficient (Wildman–Crippen LogP) is -0.299. The zero-order chi connectivity index (χ0) is 9.97. The summed E-state index contributed by atoms with van der Waals surface area (Å²) in [5, 5.41) is 3.41. The molecule has 0 radical (unpaired) electrons. The molecule has 2 atom stereocenters. The van der Waals surface area contributed by atoms with Gasteiger partial charge in [-0.3, -0.25) is 4.79 Å². The van der Waals surface area contributed by atoms with Crippen molar-refractivity contribution in [1.82, 2.24) is 10.2 Å². The van der Waals surface area contributed by atoms with Crippen LogP contribution in [0.3, 0.4) is 0 Å². The maximum Gasteiger partial charge on any atom is 0.248 e. The number of piperidine rings is 2. The lowest BCUT2D eigenvalue weighted by Crippen LogP contribution is -2.53. The molecule has 2 unspecified atom stereocenters. The van der Waals surface area contributed by atoms with E-state index in [9.17, 15) is 4.79 Å². The molecule has 0 saturated carbocycles. The summed E-state index contributed by atoms with van der Waals surface area (Å²) >= 11 is 0. The van der Waals surface area contributed by atoms with E-state index < -0.39 is 0 Å². The molecule has 2 aliphatic rings. The second-order valence-electron chi connectivity index (χ2n) is 4.36. The van der Waals surface area contributed by atoms with Crippen LogP contribution in [-0.2, 0) is 9.53 Å². The highest BCUT2D eigenvalue weighted by molar-refractivity contribution is 5.77. The van der Waals surface area contributed by atoms with Gasteiger partial charge in [0, 0.05) is 20.2 Å². The van der Waals surface area contributed by atoms with Crippen LogP contribution in [0.15, 0.2) is 0 Å². The van der Waals surface area contributed by atoms with Crippen LogP contribution in [0.2, 0.25) is 0 Å². The molecule has 0 aromatic carbocycles. The summed E-state index contributed by atoms with van der Waals surface area (Å²) in [6, 6.07) is 0. The maximum absolute atomic E-state index is 11.6. The quantitative estimate of drug-likeness (QED) is 0.662. The van der Waals surface area contributed by atoms with Crippen molar-refractivity contribution in [2.24, 2.45) is 11.8 Å². The fraction of sp³-hybridized carbons (Fsp3) is 0.900. The van der Waals surface area contributed by atoms with Crippen LogP contribution in [0, 0.1) is 11.8 Å². The Morgan fingerprint density at radius 3 is 2.64 bits per heavy atom. The second-order valence-corrected chi connectivity index (χ2v) is 4.36. The number of hydrogen-bond acceptors (Lipinski definition) is 3. The molecule has 2 saturated heterocycles. The van der Waals surface area contributed by atoms with Gasteiger partial charge in [-0.15, -0.1) is 0 Å². The molecule has 0 aromatic heterocycles. The van der Waals surface area contributed by atoms with Gasteiger partial charge in [0.2, 0.25) is 5.91 Å². The molecule has 2 aliphatic heterocycles. The standard InChI is InChI=1S/C10H18N2O2/c1-14-7-10(13)12-5-8-2-9(6-12)4-11-3-8/h8-9,11H,2-7H2,1H3. The van der Waals surface area contributed by atoms with Gasteiger partial charge in [0.25, 0.3) is 0 Å². The van der Waals surface area contributed by atoms with Crippen LogP contribution in [0.4, 0.5) is 0 Å². The number of rotatable bonds is 2. The fourth-order valence-electron chi connectivity index (χ4n) is 2.52. The highest BCUT2D eigenvalue weighted by Gasteiger charge is 2.32. The molecule has 2 bridgehead atoms. The van der Waals surface area contributed by atoms with E-state index in [4.69, 9.17) is 4.74 Å². The van der Waals surface area contributed by atoms with Crippen LogP contribution in [-0.4, -0.2) is 50.7 Å². The molecule has 0 aromatic rings. The molecule has 0 aliphatic carbocycles. The Balaban J connectivity index is 1.91. The Hall–Kier alpha value is -0.610. The number of nitrogens with zero attached hydrogens (tertiary/aromatic N) is 1. The van der Waals surface area contributed by atoms with E-state index in [2.05, 4.69) is 5.32 Å². The van der Waals surface area contributed by atoms with Gasteiger partial charge in [-0.1, -0.05) is 0 Å². The third kappa shape index (κ3) is 2.07. The van der Waals surface area contributed by atoms with Gasteiger partial charge in [0.15, 0.2) is 0 Å². The van der Waals surface area contributed by atoms with Crippen molar-refractivity contribution in [3.05, 3.63) is 0 Å². The fourth-order valence-corrected chi connectivity index (χ4v) is 2.52. The molecule has 80 valence electrons. The van der Waals surface area contributed by atoms with Crippen LogP contribution in [0.1, 0.15) is 6.42 Å². The monoisotopic (exact) mass is 198 g/mol. The van der Waals surface area contributed by atoms with Gasteiger partial charge in [-0.05, 0) is 31.3 Å². The molecule has 0 spiro atoms. The van der Waals surface area contributed by atoms with E-state index in [0.29, 0.717) is 11.8 Å². The summed E-state index contributed by atoms with van der Waals surface area (Å²) in [6.45, 7) is 4.17. The third-order valence-corrected chi connectivity index (χ3v) is 3.11. The normalized spacial score (nSPS) is 31.6. The minimum atomic E-state index is 0.143. The molecule has 2 rings (SSSR count). The van der Waals surface area contributed by atoms with Crippen molar-refractivity contribution < 1.29 is 9.53 Å². The second kappa shape index (κ2) is 4.28. The number of hydrogen-bond donors (Lipinski definition) is 1. The largest absolute Gasteiger partial charge is 0.375 e. The number of amides is 1. The Labute approximate surface area is 84.6 Å². The van der Waals surface area contributed by atoms with Crippen molar-refractivity contribution in [2.75, 3.05) is 39.9 Å². The number of likely N-dealkylation sites (tertiary alicyclic amines) is 1. The Morgan fingerprint density at radius 2 is 2.07 bits per heavy atom. The first kappa shape index (κ1) is 9.93. The lowest BCUT2D eigenvalue weighted by molar-refractivity contribution is -0.138. The third-order valence-electron chi connectivity index (χ3n) is 3.11. The summed E-state index contributed by atoms with van der Waals surface area (Å²) in [5.74, 6) is 1.45. The maximum atomic E-state index is 11.6. The van der Waals surface area contributed by atoms with E-state index in [-0.39, 0.29) is 12.5 Å². The first-order valence-electron chi connectivity index (χ1n) is 5.27. The molecule has 1 N–H and O–H groups in total. The van der Waals surface area contributed by atoms with Crippen molar-refractivity contribution in [3.8, 4) is 0 Å². The zero-order valence-electron chi connectivity index (χ0n) is 8.66. The van der Waals surface area contributed by atoms with Crippen LogP contribution in [0.25, 0.3) is 0 Å². The average Bonchev–Trinajstić information content (AvgIpc) is 2.17. The van der Waals surface area contributed by atoms with Crippen molar-refractivity contribution in [3.63, 3.8) is 0 Å². The topological polar surface area (TPSA) is 41.6 Å². The van der Waals surface area contributed by atoms with E-state index in [1.165, 1.54) is 6.42 Å². The molecule has 2 heterocycles. The summed E-state index contributed by atoms with van der Waals surface area (Å²) in [6.07, 6.45) is 1.28. The predicted molar refractivity (Wildman–Crippen MR) is 52.9 cm³/mol. The number of carbonyl (C=O) groups excluding carboxylic acids is 1. The minimum absolute atomic E-state index is 0.143. The molecule has 2 fully saturated rings. The van der Waals surface area contributed by atoms with Crippen molar-refractivity contribution in [2.45, 2.75) is 6.42 Å². The highest BCUT2D eigenvalue weighted by Crippen LogP contribution is 2.24. The van der Waals surface area contributed by atoms with Crippen LogP contribution >= 0.6 is 0 Å². The van der Waals surface area contributed by atoms with E-state index in [1.807, 2.05) is 4.90 Å². The molecular weight excluding hydrogens is 180 g/mol. The summed E-state index contributed by atoms with van der Waals surface area (Å²) < 4.78 is 4.87. The molecule has 4 heteroatoms. The smallest absolute Gasteiger partial charge is 0.248 e. The number of methoxy groups -OCH3 is 1. The van der Waals surface area contributed by atoms with Gasteiger partial charge in [-0.25, -0.2) is 0 Å². The number of nitrogens with one attached hydrogen (secondary N) is 1. The van der Waals surface area contributed by atoms with Crippen LogP contribution < -0.4 is 5.32 Å². The lowest BCUT2D eigenvalue weighted by Gasteiger charge is -2.41. The number of ether oxygens (including phenoxy) is 1. The summed E-state index contributed by atoms with van der Waals surface area (Å²) in [7, 11) is 1.57. The van der Waals surface area contributed by atoms with Gasteiger partial charge in [0.05, 0.1) is 0 Å². The SMILES string of the molecule is COCC(=O)N1CC2CNCC(C2)C1. The van der Waals surface area contributed by atoms with Crippen molar-refractivity contribution >= 4 is 5.91 Å². The number of fused-ring (bicyclic) bond motifs is 2. The first-order chi connectivity index (χ1) is 6.79. The van der Waals surface area contributed by atoms with Gasteiger partial charge >= 0.3 is 0 Å². The highest BCUT2D eigenvalue weighted by atomic mass is 16.5. The molecule has 1 amide bonds. The van der Waals surface area contributed by atoms with E-state index >= 15 is 0 Å². The lowest BCUT2D eigenvalue weighted by atomic mass is 9.86. The van der Waals surface area contributed by atoms with Crippen LogP contribution in [0.5, 0.6) is 0 Å². The zero-order valence-corrected chi connectivity index (χ0v) is 8.66. The molecular formula is C10H18N2O2. The van der Waals surface area contributed by atoms with Crippen molar-refractivity contribution in [1.29, 1.82) is 0 Å². The summed E-state index contributed by atoms with van der Waals surface area (Å²) in [5.41, 5.74) is 0. The first-order valence-corrected chi connectivity index (χ1v) is 5.27. The molecule has 14 heavy (non-hydrogen) atoms. The van der Waals surface area contributed by atoms with Gasteiger partial charge < -0.3 is 15.0 Å². The van der Waals surface area contributed by atoms with E-state index in [0.717, 1.165) is 26.2 Å². The van der Waals surface area contributed by atoms with Gasteiger partial charge in [-0.2, -0.15) is 0 Å². The van der Waals surface area contributed by atoms with Gasteiger partial charge in [0.1, 0.15) is 6.61 Å². The summed E-state index contributed by atoms with van der Waals surface area (Å²) in [4.78, 5) is 13.6. The van der Waals surface area contributed by atoms with E-state index in [1.54, 1.807) is 7.11 Å². The Morgan fingerprint density at radius 1 is 1.43 bits per heavy atom.